The minimum absolute atomic E-state index is 0.0671. The first-order valence-corrected chi connectivity index (χ1v) is 11.1. The molecule has 3 rings (SSSR count). The molecule has 2 aromatic rings. The van der Waals surface area contributed by atoms with E-state index < -0.39 is 50.0 Å². The van der Waals surface area contributed by atoms with Gasteiger partial charge in [-0.3, -0.25) is 4.18 Å². The summed E-state index contributed by atoms with van der Waals surface area (Å²) in [7, 11) is -10.1. The molecule has 8 nitrogen and oxygen atoms in total. The van der Waals surface area contributed by atoms with Crippen LogP contribution in [0.3, 0.4) is 0 Å². The van der Waals surface area contributed by atoms with E-state index in [9.17, 15) is 30.0 Å². The van der Waals surface area contributed by atoms with E-state index in [0.717, 1.165) is 11.6 Å². The Hall–Kier alpha value is -2.51. The molecule has 0 saturated carbocycles. The predicted molar refractivity (Wildman–Crippen MR) is 96.3 cm³/mol. The Morgan fingerprint density at radius 1 is 1.07 bits per heavy atom. The molecule has 0 aromatic heterocycles. The molecule has 0 spiro atoms. The molecule has 0 saturated heterocycles. The van der Waals surface area contributed by atoms with Crippen molar-refractivity contribution in [1.29, 1.82) is 0 Å². The third-order valence-electron chi connectivity index (χ3n) is 3.85. The highest BCUT2D eigenvalue weighted by Crippen LogP contribution is 2.42. The van der Waals surface area contributed by atoms with Crippen molar-refractivity contribution in [2.45, 2.75) is 23.4 Å². The second kappa shape index (κ2) is 7.96. The molecule has 0 bridgehead atoms. The molecule has 0 radical (unpaired) electrons. The Morgan fingerprint density at radius 2 is 1.73 bits per heavy atom. The van der Waals surface area contributed by atoms with Crippen LogP contribution >= 0.6 is 0 Å². The van der Waals surface area contributed by atoms with E-state index in [1.54, 1.807) is 19.1 Å². The van der Waals surface area contributed by atoms with E-state index in [2.05, 4.69) is 4.18 Å². The lowest BCUT2D eigenvalue weighted by atomic mass is 10.2. The van der Waals surface area contributed by atoms with E-state index in [1.165, 1.54) is 24.3 Å². The molecule has 0 amide bonds. The summed E-state index contributed by atoms with van der Waals surface area (Å²) >= 11 is 0. The molecule has 0 aliphatic carbocycles. The van der Waals surface area contributed by atoms with E-state index >= 15 is 0 Å². The molecular formula is C17H15F3O8S2. The fourth-order valence-corrected chi connectivity index (χ4v) is 3.76. The number of hydrogen-bond acceptors (Lipinski definition) is 8. The summed E-state index contributed by atoms with van der Waals surface area (Å²) in [4.78, 5) is -0.0921. The van der Waals surface area contributed by atoms with Crippen LogP contribution in [0.4, 0.5) is 13.2 Å². The summed E-state index contributed by atoms with van der Waals surface area (Å²) in [5.74, 6) is -1.24. The highest BCUT2D eigenvalue weighted by Gasteiger charge is 2.49. The first-order valence-electron chi connectivity index (χ1n) is 8.28. The van der Waals surface area contributed by atoms with Crippen molar-refractivity contribution in [2.24, 2.45) is 0 Å². The minimum atomic E-state index is -5.94. The Morgan fingerprint density at radius 3 is 2.37 bits per heavy atom. The lowest BCUT2D eigenvalue weighted by Gasteiger charge is -2.27. The van der Waals surface area contributed by atoms with Crippen molar-refractivity contribution in [2.75, 3.05) is 13.2 Å². The van der Waals surface area contributed by atoms with E-state index in [0.29, 0.717) is 0 Å². The average molecular weight is 468 g/mol. The minimum Gasteiger partial charge on any atom is -0.486 e. The molecule has 13 heteroatoms. The number of benzene rings is 2. The maximum atomic E-state index is 12.6. The Balaban J connectivity index is 1.75. The SMILES string of the molecule is Cc1ccc(S(=O)(=O)OCC2COc3cccc(OS(=O)(=O)C(F)(F)F)c3O2)cc1. The van der Waals surface area contributed by atoms with Gasteiger partial charge in [0.05, 0.1) is 4.90 Å². The molecule has 0 fully saturated rings. The van der Waals surface area contributed by atoms with E-state index in [-0.39, 0.29) is 17.3 Å². The highest BCUT2D eigenvalue weighted by atomic mass is 32.2. The van der Waals surface area contributed by atoms with Crippen LogP contribution in [0.1, 0.15) is 5.56 Å². The third kappa shape index (κ3) is 4.79. The molecule has 1 aliphatic rings. The fraction of sp³-hybridized carbons (Fsp3) is 0.294. The van der Waals surface area contributed by atoms with Crippen LogP contribution in [0.25, 0.3) is 0 Å². The smallest absolute Gasteiger partial charge is 0.486 e. The fourth-order valence-electron chi connectivity index (χ4n) is 2.36. The number of halogens is 3. The molecule has 0 N–H and O–H groups in total. The summed E-state index contributed by atoms with van der Waals surface area (Å²) in [5, 5.41) is 0. The summed E-state index contributed by atoms with van der Waals surface area (Å²) in [6.07, 6.45) is -1.06. The van der Waals surface area contributed by atoms with Crippen LogP contribution in [0, 0.1) is 6.92 Å². The highest BCUT2D eigenvalue weighted by molar-refractivity contribution is 7.88. The third-order valence-corrected chi connectivity index (χ3v) is 6.12. The Bertz CT molecular complexity index is 1130. The maximum Gasteiger partial charge on any atom is 0.534 e. The molecule has 1 aliphatic heterocycles. The number of alkyl halides is 3. The number of hydrogen-bond donors (Lipinski definition) is 0. The van der Waals surface area contributed by atoms with Crippen LogP contribution in [0.2, 0.25) is 0 Å². The quantitative estimate of drug-likeness (QED) is 0.471. The van der Waals surface area contributed by atoms with Gasteiger partial charge in [0, 0.05) is 0 Å². The molecule has 30 heavy (non-hydrogen) atoms. The lowest BCUT2D eigenvalue weighted by molar-refractivity contribution is -0.0501. The van der Waals surface area contributed by atoms with Gasteiger partial charge in [0.1, 0.15) is 13.2 Å². The van der Waals surface area contributed by atoms with E-state index in [4.69, 9.17) is 13.7 Å². The zero-order chi connectivity index (χ0) is 22.2. The molecule has 1 unspecified atom stereocenters. The molecule has 2 aromatic carbocycles. The van der Waals surface area contributed by atoms with Crippen LogP contribution < -0.4 is 13.7 Å². The Kier molecular flexibility index (Phi) is 5.89. The average Bonchev–Trinajstić information content (AvgIpc) is 2.66. The summed E-state index contributed by atoms with van der Waals surface area (Å²) in [6, 6.07) is 9.34. The second-order valence-electron chi connectivity index (χ2n) is 6.17. The lowest BCUT2D eigenvalue weighted by Crippen LogP contribution is -2.35. The number of aryl methyl sites for hydroxylation is 1. The molecule has 1 atom stereocenters. The van der Waals surface area contributed by atoms with Crippen molar-refractivity contribution >= 4 is 20.2 Å². The van der Waals surface area contributed by atoms with Crippen molar-refractivity contribution in [3.05, 3.63) is 48.0 Å². The number of fused-ring (bicyclic) bond motifs is 1. The van der Waals surface area contributed by atoms with Gasteiger partial charge in [-0.2, -0.15) is 30.0 Å². The van der Waals surface area contributed by atoms with Crippen molar-refractivity contribution in [1.82, 2.24) is 0 Å². The predicted octanol–water partition coefficient (Wildman–Crippen LogP) is 2.77. The van der Waals surface area contributed by atoms with Crippen LogP contribution in [0.5, 0.6) is 17.2 Å². The van der Waals surface area contributed by atoms with E-state index in [1.807, 2.05) is 0 Å². The van der Waals surface area contributed by atoms with Crippen LogP contribution in [-0.2, 0) is 24.4 Å². The van der Waals surface area contributed by atoms with Gasteiger partial charge in [-0.15, -0.1) is 0 Å². The van der Waals surface area contributed by atoms with Crippen molar-refractivity contribution < 1.29 is 47.8 Å². The Labute approximate surface area is 170 Å². The van der Waals surface area contributed by atoms with Gasteiger partial charge in [-0.1, -0.05) is 23.8 Å². The standard InChI is InChI=1S/C17H15F3O8S2/c1-11-5-7-13(8-6-11)29(21,22)26-10-12-9-25-14-3-2-4-15(16(14)27-12)28-30(23,24)17(18,19)20/h2-8,12H,9-10H2,1H3. The maximum absolute atomic E-state index is 12.6. The van der Waals surface area contributed by atoms with Crippen LogP contribution in [0.15, 0.2) is 47.4 Å². The van der Waals surface area contributed by atoms with Gasteiger partial charge in [0.2, 0.25) is 5.75 Å². The number of rotatable bonds is 6. The van der Waals surface area contributed by atoms with Crippen LogP contribution in [-0.4, -0.2) is 41.7 Å². The normalized spacial score (nSPS) is 16.9. The van der Waals surface area contributed by atoms with Gasteiger partial charge in [-0.05, 0) is 31.2 Å². The zero-order valence-corrected chi connectivity index (χ0v) is 16.9. The van der Waals surface area contributed by atoms with Gasteiger partial charge in [0.15, 0.2) is 17.6 Å². The van der Waals surface area contributed by atoms with Crippen molar-refractivity contribution in [3.8, 4) is 17.2 Å². The molecular weight excluding hydrogens is 453 g/mol. The largest absolute Gasteiger partial charge is 0.534 e. The summed E-state index contributed by atoms with van der Waals surface area (Å²) < 4.78 is 105. The molecule has 164 valence electrons. The molecule has 1 heterocycles. The monoisotopic (exact) mass is 468 g/mol. The van der Waals surface area contributed by atoms with Gasteiger partial charge in [-0.25, -0.2) is 0 Å². The second-order valence-corrected chi connectivity index (χ2v) is 9.32. The number of ether oxygens (including phenoxy) is 2. The van der Waals surface area contributed by atoms with Gasteiger partial charge >= 0.3 is 15.6 Å². The van der Waals surface area contributed by atoms with Gasteiger partial charge in [0.25, 0.3) is 10.1 Å². The first kappa shape index (κ1) is 22.2. The summed E-state index contributed by atoms with van der Waals surface area (Å²) in [5.41, 5.74) is -4.80. The first-order chi connectivity index (χ1) is 13.9. The summed E-state index contributed by atoms with van der Waals surface area (Å²) in [6.45, 7) is 1.06. The topological polar surface area (TPSA) is 105 Å². The van der Waals surface area contributed by atoms with Crippen molar-refractivity contribution in [3.63, 3.8) is 0 Å². The number of para-hydroxylation sites is 1. The van der Waals surface area contributed by atoms with Gasteiger partial charge < -0.3 is 13.7 Å². The zero-order valence-electron chi connectivity index (χ0n) is 15.2.